The highest BCUT2D eigenvalue weighted by molar-refractivity contribution is 7.09. The highest BCUT2D eigenvalue weighted by Gasteiger charge is 2.26. The number of rotatable bonds is 6. The van der Waals surface area contributed by atoms with Crippen LogP contribution in [0.25, 0.3) is 0 Å². The Bertz CT molecular complexity index is 829. The van der Waals surface area contributed by atoms with Crippen molar-refractivity contribution in [2.75, 3.05) is 0 Å². The van der Waals surface area contributed by atoms with Gasteiger partial charge < -0.3 is 14.5 Å². The molecule has 0 saturated heterocycles. The van der Waals surface area contributed by atoms with Gasteiger partial charge in [-0.25, -0.2) is 4.79 Å². The molecule has 1 N–H and O–H groups in total. The molecule has 0 fully saturated rings. The van der Waals surface area contributed by atoms with E-state index in [0.29, 0.717) is 17.1 Å². The normalized spacial score (nSPS) is 11.7. The maximum absolute atomic E-state index is 12.6. The number of ether oxygens (including phenoxy) is 1. The summed E-state index contributed by atoms with van der Waals surface area (Å²) in [6, 6.07) is 13.4. The Morgan fingerprint density at radius 2 is 1.96 bits per heavy atom. The van der Waals surface area contributed by atoms with Crippen molar-refractivity contribution in [3.63, 3.8) is 0 Å². The average Bonchev–Trinajstić information content (AvgIpc) is 3.31. The van der Waals surface area contributed by atoms with Gasteiger partial charge in [0.05, 0.1) is 12.8 Å². The van der Waals surface area contributed by atoms with Crippen LogP contribution in [0.15, 0.2) is 64.6 Å². The van der Waals surface area contributed by atoms with Crippen LogP contribution in [0.2, 0.25) is 5.02 Å². The predicted octanol–water partition coefficient (Wildman–Crippen LogP) is 4.21. The first-order chi connectivity index (χ1) is 12.1. The molecule has 3 aromatic rings. The third-order valence-corrected chi connectivity index (χ3v) is 4.50. The molecular weight excluding hydrogens is 362 g/mol. The Balaban J connectivity index is 1.76. The number of nitrogens with one attached hydrogen (secondary N) is 1. The van der Waals surface area contributed by atoms with Crippen molar-refractivity contribution in [1.29, 1.82) is 0 Å². The maximum Gasteiger partial charge on any atom is 0.375 e. The molecule has 0 aliphatic heterocycles. The van der Waals surface area contributed by atoms with Crippen molar-refractivity contribution in [1.82, 2.24) is 5.32 Å². The van der Waals surface area contributed by atoms with Gasteiger partial charge in [0, 0.05) is 15.5 Å². The molecule has 7 heteroatoms. The van der Waals surface area contributed by atoms with Crippen molar-refractivity contribution in [3.05, 3.63) is 81.4 Å². The lowest BCUT2D eigenvalue weighted by molar-refractivity contribution is -0.130. The highest BCUT2D eigenvalue weighted by Crippen LogP contribution is 2.22. The van der Waals surface area contributed by atoms with Crippen LogP contribution in [0.4, 0.5) is 0 Å². The molecule has 1 amide bonds. The number of carbonyl (C=O) groups excluding carboxylic acids is 2. The van der Waals surface area contributed by atoms with Gasteiger partial charge in [-0.1, -0.05) is 29.8 Å². The van der Waals surface area contributed by atoms with Crippen molar-refractivity contribution in [3.8, 4) is 0 Å². The molecule has 1 atom stereocenters. The van der Waals surface area contributed by atoms with Gasteiger partial charge in [-0.15, -0.1) is 11.3 Å². The monoisotopic (exact) mass is 375 g/mol. The van der Waals surface area contributed by atoms with Gasteiger partial charge in [-0.3, -0.25) is 4.79 Å². The van der Waals surface area contributed by atoms with Crippen LogP contribution >= 0.6 is 22.9 Å². The number of benzene rings is 1. The zero-order chi connectivity index (χ0) is 17.6. The van der Waals surface area contributed by atoms with Gasteiger partial charge in [0.1, 0.15) is 0 Å². The van der Waals surface area contributed by atoms with Crippen LogP contribution in [0.5, 0.6) is 0 Å². The van der Waals surface area contributed by atoms with E-state index in [2.05, 4.69) is 5.32 Å². The van der Waals surface area contributed by atoms with Crippen molar-refractivity contribution in [2.24, 2.45) is 0 Å². The Morgan fingerprint density at radius 1 is 1.16 bits per heavy atom. The molecule has 0 aliphatic carbocycles. The number of carbonyl (C=O) groups is 2. The average molecular weight is 376 g/mol. The number of halogens is 1. The number of hydrogen-bond acceptors (Lipinski definition) is 5. The van der Waals surface area contributed by atoms with E-state index >= 15 is 0 Å². The van der Waals surface area contributed by atoms with Gasteiger partial charge in [0.15, 0.2) is 0 Å². The molecule has 0 radical (unpaired) electrons. The second-order valence-corrected chi connectivity index (χ2v) is 6.58. The van der Waals surface area contributed by atoms with Crippen LogP contribution in [-0.2, 0) is 16.1 Å². The largest absolute Gasteiger partial charge is 0.457 e. The second kappa shape index (κ2) is 8.00. The van der Waals surface area contributed by atoms with E-state index in [1.165, 1.54) is 23.7 Å². The summed E-state index contributed by atoms with van der Waals surface area (Å²) in [5, 5.41) is 5.23. The highest BCUT2D eigenvalue weighted by atomic mass is 35.5. The SMILES string of the molecule is O=C(OC(C(=O)NCc1cccs1)c1ccc(Cl)cc1)c1ccco1. The topological polar surface area (TPSA) is 68.5 Å². The van der Waals surface area contributed by atoms with E-state index in [4.69, 9.17) is 20.8 Å². The van der Waals surface area contributed by atoms with Crippen molar-refractivity contribution < 1.29 is 18.7 Å². The predicted molar refractivity (Wildman–Crippen MR) is 94.5 cm³/mol. The molecule has 5 nitrogen and oxygen atoms in total. The fourth-order valence-corrected chi connectivity index (χ4v) is 2.92. The van der Waals surface area contributed by atoms with E-state index in [1.54, 1.807) is 30.3 Å². The Morgan fingerprint density at radius 3 is 2.60 bits per heavy atom. The van der Waals surface area contributed by atoms with Crippen LogP contribution in [0.3, 0.4) is 0 Å². The Kier molecular flexibility index (Phi) is 5.53. The first kappa shape index (κ1) is 17.3. The van der Waals surface area contributed by atoms with E-state index in [1.807, 2.05) is 17.5 Å². The maximum atomic E-state index is 12.6. The first-order valence-electron chi connectivity index (χ1n) is 7.43. The molecular formula is C18H14ClNO4S. The van der Waals surface area contributed by atoms with E-state index in [9.17, 15) is 9.59 Å². The van der Waals surface area contributed by atoms with E-state index in [0.717, 1.165) is 4.88 Å². The smallest absolute Gasteiger partial charge is 0.375 e. The summed E-state index contributed by atoms with van der Waals surface area (Å²) in [5.41, 5.74) is 0.521. The van der Waals surface area contributed by atoms with Crippen LogP contribution in [0, 0.1) is 0 Å². The van der Waals surface area contributed by atoms with Gasteiger partial charge in [-0.05, 0) is 35.7 Å². The third-order valence-electron chi connectivity index (χ3n) is 3.38. The molecule has 2 aromatic heterocycles. The summed E-state index contributed by atoms with van der Waals surface area (Å²) in [5.74, 6) is -1.10. The standard InChI is InChI=1S/C18H14ClNO4S/c19-13-7-5-12(6-8-13)16(24-18(22)15-4-1-9-23-15)17(21)20-11-14-3-2-10-25-14/h1-10,16H,11H2,(H,20,21). The minimum absolute atomic E-state index is 0.0324. The summed E-state index contributed by atoms with van der Waals surface area (Å²) in [4.78, 5) is 25.8. The zero-order valence-corrected chi connectivity index (χ0v) is 14.5. The lowest BCUT2D eigenvalue weighted by atomic mass is 10.1. The van der Waals surface area contributed by atoms with Gasteiger partial charge >= 0.3 is 5.97 Å². The van der Waals surface area contributed by atoms with Gasteiger partial charge in [0.25, 0.3) is 5.91 Å². The number of thiophene rings is 1. The fourth-order valence-electron chi connectivity index (χ4n) is 2.15. The lowest BCUT2D eigenvalue weighted by Gasteiger charge is -2.17. The van der Waals surface area contributed by atoms with Crippen LogP contribution < -0.4 is 5.32 Å². The number of hydrogen-bond donors (Lipinski definition) is 1. The number of amides is 1. The molecule has 2 heterocycles. The third kappa shape index (κ3) is 4.49. The summed E-state index contributed by atoms with van der Waals surface area (Å²) in [6.45, 7) is 0.360. The quantitative estimate of drug-likeness (QED) is 0.655. The van der Waals surface area contributed by atoms with E-state index in [-0.39, 0.29) is 5.76 Å². The summed E-state index contributed by atoms with van der Waals surface area (Å²) < 4.78 is 10.4. The van der Waals surface area contributed by atoms with E-state index < -0.39 is 18.0 Å². The molecule has 0 aliphatic rings. The molecule has 1 aromatic carbocycles. The molecule has 3 rings (SSSR count). The van der Waals surface area contributed by atoms with Crippen LogP contribution in [0.1, 0.15) is 27.1 Å². The molecule has 128 valence electrons. The minimum Gasteiger partial charge on any atom is -0.457 e. The molecule has 0 spiro atoms. The Hall–Kier alpha value is -2.57. The fraction of sp³-hybridized carbons (Fsp3) is 0.111. The Labute approximate surface area is 153 Å². The summed E-state index contributed by atoms with van der Waals surface area (Å²) in [7, 11) is 0. The lowest BCUT2D eigenvalue weighted by Crippen LogP contribution is -2.31. The molecule has 0 bridgehead atoms. The van der Waals surface area contributed by atoms with Crippen LogP contribution in [-0.4, -0.2) is 11.9 Å². The molecule has 0 saturated carbocycles. The van der Waals surface area contributed by atoms with Gasteiger partial charge in [0.2, 0.25) is 11.9 Å². The first-order valence-corrected chi connectivity index (χ1v) is 8.69. The summed E-state index contributed by atoms with van der Waals surface area (Å²) >= 11 is 7.42. The van der Waals surface area contributed by atoms with Crippen molar-refractivity contribution >= 4 is 34.8 Å². The molecule has 25 heavy (non-hydrogen) atoms. The number of esters is 1. The number of furan rings is 1. The zero-order valence-electron chi connectivity index (χ0n) is 13.0. The van der Waals surface area contributed by atoms with Crippen molar-refractivity contribution in [2.45, 2.75) is 12.6 Å². The van der Waals surface area contributed by atoms with Gasteiger partial charge in [-0.2, -0.15) is 0 Å². The summed E-state index contributed by atoms with van der Waals surface area (Å²) in [6.07, 6.45) is 0.264. The second-order valence-electron chi connectivity index (χ2n) is 5.11. The molecule has 1 unspecified atom stereocenters. The minimum atomic E-state index is -1.10.